The molecular weight excluding hydrogens is 506 g/mol. The number of nitrogens with one attached hydrogen (secondary N) is 1. The predicted octanol–water partition coefficient (Wildman–Crippen LogP) is 3.28. The van der Waals surface area contributed by atoms with Crippen molar-refractivity contribution in [1.29, 1.82) is 0 Å². The van der Waals surface area contributed by atoms with E-state index in [4.69, 9.17) is 16.3 Å². The Labute approximate surface area is 207 Å². The quantitative estimate of drug-likeness (QED) is 0.510. The van der Waals surface area contributed by atoms with Gasteiger partial charge in [0.05, 0.1) is 40.9 Å². The second kappa shape index (κ2) is 9.11. The smallest absolute Gasteiger partial charge is 0.360 e. The lowest BCUT2D eigenvalue weighted by atomic mass is 10.0. The SMILES string of the molecule is O=C(c1cccc(-c2c[nH]nc2F)c1Cl)N1CCN2C[C@@](O)(c3ccc(C(F)(F)F)cn3)OC[C@@H]2C1. The second-order valence-corrected chi connectivity index (χ2v) is 9.04. The minimum Gasteiger partial charge on any atom is -0.360 e. The van der Waals surface area contributed by atoms with Crippen LogP contribution in [0.1, 0.15) is 21.6 Å². The number of aromatic amines is 1. The molecule has 2 N–H and O–H groups in total. The zero-order chi connectivity index (χ0) is 25.7. The van der Waals surface area contributed by atoms with Crippen molar-refractivity contribution in [2.24, 2.45) is 0 Å². The van der Waals surface area contributed by atoms with Crippen molar-refractivity contribution in [2.45, 2.75) is 18.0 Å². The van der Waals surface area contributed by atoms with Gasteiger partial charge in [0.1, 0.15) is 5.69 Å². The molecule has 1 aromatic carbocycles. The molecule has 2 saturated heterocycles. The number of fused-ring (bicyclic) bond motifs is 1. The maximum atomic E-state index is 14.0. The van der Waals surface area contributed by atoms with Crippen LogP contribution in [0.5, 0.6) is 0 Å². The van der Waals surface area contributed by atoms with Crippen LogP contribution in [0.3, 0.4) is 0 Å². The molecule has 36 heavy (non-hydrogen) atoms. The van der Waals surface area contributed by atoms with Gasteiger partial charge in [-0.05, 0) is 18.2 Å². The van der Waals surface area contributed by atoms with Gasteiger partial charge in [-0.2, -0.15) is 17.6 Å². The summed E-state index contributed by atoms with van der Waals surface area (Å²) in [7, 11) is 0. The Morgan fingerprint density at radius 3 is 2.69 bits per heavy atom. The second-order valence-electron chi connectivity index (χ2n) is 8.66. The summed E-state index contributed by atoms with van der Waals surface area (Å²) in [5.74, 6) is -2.95. The molecule has 0 spiro atoms. The molecular formula is C23H20ClF4N5O3. The third-order valence-electron chi connectivity index (χ3n) is 6.43. The number of hydrogen-bond donors (Lipinski definition) is 2. The minimum absolute atomic E-state index is 0.0198. The molecule has 1 amide bonds. The summed E-state index contributed by atoms with van der Waals surface area (Å²) in [6.45, 7) is 0.976. The number of amides is 1. The van der Waals surface area contributed by atoms with Crippen LogP contribution in [0.25, 0.3) is 11.1 Å². The van der Waals surface area contributed by atoms with Crippen molar-refractivity contribution in [3.8, 4) is 11.1 Å². The van der Waals surface area contributed by atoms with E-state index in [1.54, 1.807) is 23.1 Å². The summed E-state index contributed by atoms with van der Waals surface area (Å²) >= 11 is 6.47. The Kier molecular flexibility index (Phi) is 6.23. The van der Waals surface area contributed by atoms with Crippen molar-refractivity contribution in [2.75, 3.05) is 32.8 Å². The highest BCUT2D eigenvalue weighted by atomic mass is 35.5. The molecule has 2 aromatic heterocycles. The van der Waals surface area contributed by atoms with Gasteiger partial charge in [0.2, 0.25) is 11.7 Å². The Hall–Kier alpha value is -3.06. The number of nitrogens with zero attached hydrogens (tertiary/aromatic N) is 4. The summed E-state index contributed by atoms with van der Waals surface area (Å²) in [6.07, 6.45) is -2.52. The van der Waals surface area contributed by atoms with Gasteiger partial charge in [0.25, 0.3) is 5.91 Å². The van der Waals surface area contributed by atoms with Gasteiger partial charge >= 0.3 is 6.18 Å². The average Bonchev–Trinajstić information content (AvgIpc) is 3.28. The number of benzene rings is 1. The molecule has 0 unspecified atom stereocenters. The zero-order valence-corrected chi connectivity index (χ0v) is 19.4. The number of hydrogen-bond acceptors (Lipinski definition) is 6. The summed E-state index contributed by atoms with van der Waals surface area (Å²) in [5.41, 5.74) is -0.249. The van der Waals surface area contributed by atoms with Crippen LogP contribution in [0.4, 0.5) is 17.6 Å². The molecule has 0 radical (unpaired) electrons. The summed E-state index contributed by atoms with van der Waals surface area (Å²) in [4.78, 5) is 20.6. The van der Waals surface area contributed by atoms with Gasteiger partial charge in [-0.15, -0.1) is 5.10 Å². The van der Waals surface area contributed by atoms with E-state index in [-0.39, 0.29) is 53.5 Å². The Morgan fingerprint density at radius 1 is 1.22 bits per heavy atom. The number of halogens is 5. The number of rotatable bonds is 3. The van der Waals surface area contributed by atoms with Crippen molar-refractivity contribution >= 4 is 17.5 Å². The third-order valence-corrected chi connectivity index (χ3v) is 6.84. The Morgan fingerprint density at radius 2 is 2.03 bits per heavy atom. The van der Waals surface area contributed by atoms with Crippen LogP contribution < -0.4 is 0 Å². The van der Waals surface area contributed by atoms with Gasteiger partial charge in [-0.1, -0.05) is 23.7 Å². The zero-order valence-electron chi connectivity index (χ0n) is 18.6. The normalized spacial score (nSPS) is 22.9. The fourth-order valence-corrected chi connectivity index (χ4v) is 4.79. The van der Waals surface area contributed by atoms with Crippen LogP contribution >= 0.6 is 11.6 Å². The number of ether oxygens (including phenoxy) is 1. The van der Waals surface area contributed by atoms with Crippen LogP contribution in [-0.2, 0) is 16.7 Å². The molecule has 190 valence electrons. The molecule has 0 aliphatic carbocycles. The van der Waals surface area contributed by atoms with Gasteiger partial charge in [0, 0.05) is 37.6 Å². The lowest BCUT2D eigenvalue weighted by Crippen LogP contribution is -2.63. The molecule has 0 bridgehead atoms. The number of morpholine rings is 1. The van der Waals surface area contributed by atoms with E-state index in [0.29, 0.717) is 24.8 Å². The standard InChI is InChI=1S/C23H20ClF4N5O3/c24-19-15(17-9-30-31-20(17)25)2-1-3-16(19)21(34)32-6-7-33-12-22(35,36-11-14(33)10-32)18-5-4-13(8-29-18)23(26,27)28/h1-5,8-9,14,35H,6-7,10-12H2,(H,30,31)/t14-,22-/m0/s1. The van der Waals surface area contributed by atoms with E-state index in [0.717, 1.165) is 12.1 Å². The molecule has 2 aliphatic heterocycles. The predicted molar refractivity (Wildman–Crippen MR) is 119 cm³/mol. The number of aliphatic hydroxyl groups is 1. The topological polar surface area (TPSA) is 94.6 Å². The maximum absolute atomic E-state index is 14.0. The van der Waals surface area contributed by atoms with Crippen LogP contribution in [0.15, 0.2) is 42.7 Å². The van der Waals surface area contributed by atoms with E-state index in [2.05, 4.69) is 15.2 Å². The molecule has 5 rings (SSSR count). The molecule has 0 saturated carbocycles. The van der Waals surface area contributed by atoms with Gasteiger partial charge in [-0.3, -0.25) is 19.8 Å². The summed E-state index contributed by atoms with van der Waals surface area (Å²) in [5, 5.41) is 16.9. The van der Waals surface area contributed by atoms with E-state index < -0.39 is 23.5 Å². The summed E-state index contributed by atoms with van der Waals surface area (Å²) in [6, 6.07) is 6.45. The number of pyridine rings is 1. The number of alkyl halides is 3. The Balaban J connectivity index is 1.29. The van der Waals surface area contributed by atoms with E-state index in [9.17, 15) is 27.5 Å². The number of aromatic nitrogens is 3. The first kappa shape index (κ1) is 24.6. The number of carbonyl (C=O) groups is 1. The molecule has 4 heterocycles. The molecule has 2 fully saturated rings. The van der Waals surface area contributed by atoms with Gasteiger partial charge in [-0.25, -0.2) is 0 Å². The van der Waals surface area contributed by atoms with Crippen molar-refractivity contribution < 1.29 is 32.2 Å². The average molecular weight is 526 g/mol. The molecule has 8 nitrogen and oxygen atoms in total. The highest BCUT2D eigenvalue weighted by Gasteiger charge is 2.44. The highest BCUT2D eigenvalue weighted by molar-refractivity contribution is 6.36. The van der Waals surface area contributed by atoms with E-state index >= 15 is 0 Å². The lowest BCUT2D eigenvalue weighted by Gasteiger charge is -2.48. The lowest BCUT2D eigenvalue weighted by molar-refractivity contribution is -0.267. The molecule has 2 aliphatic rings. The minimum atomic E-state index is -4.54. The number of carbonyl (C=O) groups excluding carboxylic acids is 1. The Bertz CT molecular complexity index is 1290. The fourth-order valence-electron chi connectivity index (χ4n) is 4.48. The van der Waals surface area contributed by atoms with Crippen molar-refractivity contribution in [1.82, 2.24) is 25.0 Å². The first-order valence-corrected chi connectivity index (χ1v) is 11.4. The van der Waals surface area contributed by atoms with Gasteiger partial charge < -0.3 is 14.7 Å². The van der Waals surface area contributed by atoms with Gasteiger partial charge in [0.15, 0.2) is 0 Å². The molecule has 2 atom stereocenters. The summed E-state index contributed by atoms with van der Waals surface area (Å²) < 4.78 is 58.1. The fraction of sp³-hybridized carbons (Fsp3) is 0.348. The monoisotopic (exact) mass is 525 g/mol. The molecule has 13 heteroatoms. The third kappa shape index (κ3) is 4.45. The molecule has 3 aromatic rings. The van der Waals surface area contributed by atoms with E-state index in [1.807, 2.05) is 4.90 Å². The van der Waals surface area contributed by atoms with Crippen molar-refractivity contribution in [3.63, 3.8) is 0 Å². The largest absolute Gasteiger partial charge is 0.417 e. The number of piperazine rings is 1. The van der Waals surface area contributed by atoms with Crippen LogP contribution in [-0.4, -0.2) is 74.8 Å². The van der Waals surface area contributed by atoms with Crippen LogP contribution in [0.2, 0.25) is 5.02 Å². The van der Waals surface area contributed by atoms with E-state index in [1.165, 1.54) is 6.20 Å². The van der Waals surface area contributed by atoms with Crippen molar-refractivity contribution in [3.05, 3.63) is 70.5 Å². The van der Waals surface area contributed by atoms with Crippen LogP contribution in [0, 0.1) is 5.95 Å². The first-order chi connectivity index (χ1) is 17.1. The first-order valence-electron chi connectivity index (χ1n) is 11.0. The maximum Gasteiger partial charge on any atom is 0.417 e. The highest BCUT2D eigenvalue weighted by Crippen LogP contribution is 2.35. The number of H-pyrrole nitrogens is 1.